The summed E-state index contributed by atoms with van der Waals surface area (Å²) in [7, 11) is 0. The number of aryl methyl sites for hydroxylation is 1. The summed E-state index contributed by atoms with van der Waals surface area (Å²) < 4.78 is 0. The van der Waals surface area contributed by atoms with Crippen molar-refractivity contribution in [3.05, 3.63) is 34.4 Å². The Hall–Kier alpha value is -2.15. The molecule has 2 aromatic heterocycles. The maximum absolute atomic E-state index is 12.6. The SMILES string of the molecule is Cc1ncsc1C(=O)N1CCCC(Nc2ccc(N)nc2)CC1. The van der Waals surface area contributed by atoms with E-state index in [-0.39, 0.29) is 5.91 Å². The molecule has 23 heavy (non-hydrogen) atoms. The number of likely N-dealkylation sites (tertiary alicyclic amines) is 1. The lowest BCUT2D eigenvalue weighted by molar-refractivity contribution is 0.0765. The van der Waals surface area contributed by atoms with Crippen LogP contribution in [-0.4, -0.2) is 39.9 Å². The quantitative estimate of drug-likeness (QED) is 0.903. The number of aromatic nitrogens is 2. The highest BCUT2D eigenvalue weighted by molar-refractivity contribution is 7.11. The van der Waals surface area contributed by atoms with Crippen molar-refractivity contribution < 1.29 is 4.79 Å². The molecule has 1 amide bonds. The van der Waals surface area contributed by atoms with Crippen molar-refractivity contribution in [3.8, 4) is 0 Å². The van der Waals surface area contributed by atoms with Gasteiger partial charge in [0.25, 0.3) is 5.91 Å². The van der Waals surface area contributed by atoms with Gasteiger partial charge < -0.3 is 16.0 Å². The first kappa shape index (κ1) is 15.7. The number of anilines is 2. The minimum absolute atomic E-state index is 0.111. The molecule has 1 aliphatic heterocycles. The van der Waals surface area contributed by atoms with Gasteiger partial charge in [-0.25, -0.2) is 9.97 Å². The predicted molar refractivity (Wildman–Crippen MR) is 92.7 cm³/mol. The van der Waals surface area contributed by atoms with E-state index in [1.165, 1.54) is 11.3 Å². The van der Waals surface area contributed by atoms with Crippen molar-refractivity contribution in [2.45, 2.75) is 32.2 Å². The smallest absolute Gasteiger partial charge is 0.265 e. The van der Waals surface area contributed by atoms with Gasteiger partial charge in [0, 0.05) is 19.1 Å². The standard InChI is InChI=1S/C16H21N5OS/c1-11-15(23-10-19-11)16(22)21-7-2-3-12(6-8-21)20-13-4-5-14(17)18-9-13/h4-5,9-10,12,20H,2-3,6-8H2,1H3,(H2,17,18). The lowest BCUT2D eigenvalue weighted by atomic mass is 10.1. The summed E-state index contributed by atoms with van der Waals surface area (Å²) in [4.78, 5) is 23.6. The number of rotatable bonds is 3. The molecule has 1 fully saturated rings. The highest BCUT2D eigenvalue weighted by Crippen LogP contribution is 2.20. The summed E-state index contributed by atoms with van der Waals surface area (Å²) in [5.74, 6) is 0.632. The number of hydrogen-bond acceptors (Lipinski definition) is 6. The minimum Gasteiger partial charge on any atom is -0.384 e. The number of nitrogen functional groups attached to an aromatic ring is 1. The van der Waals surface area contributed by atoms with Crippen molar-refractivity contribution in [1.29, 1.82) is 0 Å². The number of thiazole rings is 1. The van der Waals surface area contributed by atoms with Crippen LogP contribution in [0.2, 0.25) is 0 Å². The van der Waals surface area contributed by atoms with Gasteiger partial charge in [-0.2, -0.15) is 0 Å². The highest BCUT2D eigenvalue weighted by Gasteiger charge is 2.23. The lowest BCUT2D eigenvalue weighted by Gasteiger charge is -2.20. The Labute approximate surface area is 139 Å². The molecule has 122 valence electrons. The maximum Gasteiger partial charge on any atom is 0.265 e. The van der Waals surface area contributed by atoms with E-state index in [0.29, 0.717) is 11.9 Å². The van der Waals surface area contributed by atoms with Gasteiger partial charge >= 0.3 is 0 Å². The van der Waals surface area contributed by atoms with Crippen LogP contribution in [0.1, 0.15) is 34.6 Å². The van der Waals surface area contributed by atoms with Crippen LogP contribution in [0.3, 0.4) is 0 Å². The molecule has 6 nitrogen and oxygen atoms in total. The summed E-state index contributed by atoms with van der Waals surface area (Å²) in [6, 6.07) is 4.08. The summed E-state index contributed by atoms with van der Waals surface area (Å²) >= 11 is 1.42. The Balaban J connectivity index is 1.60. The Bertz CT molecular complexity index is 669. The summed E-state index contributed by atoms with van der Waals surface area (Å²) in [6.07, 6.45) is 4.71. The molecule has 0 radical (unpaired) electrons. The predicted octanol–water partition coefficient (Wildman–Crippen LogP) is 2.54. The minimum atomic E-state index is 0.111. The van der Waals surface area contributed by atoms with E-state index in [0.717, 1.165) is 48.6 Å². The largest absolute Gasteiger partial charge is 0.384 e. The maximum atomic E-state index is 12.6. The van der Waals surface area contributed by atoms with Crippen LogP contribution in [-0.2, 0) is 0 Å². The number of carbonyl (C=O) groups excluding carboxylic acids is 1. The molecule has 3 heterocycles. The highest BCUT2D eigenvalue weighted by atomic mass is 32.1. The van der Waals surface area contributed by atoms with Gasteiger partial charge in [-0.1, -0.05) is 0 Å². The molecule has 1 unspecified atom stereocenters. The second kappa shape index (κ2) is 6.95. The molecular weight excluding hydrogens is 310 g/mol. The number of amides is 1. The number of carbonyl (C=O) groups is 1. The van der Waals surface area contributed by atoms with E-state index < -0.39 is 0 Å². The first-order chi connectivity index (χ1) is 11.1. The average molecular weight is 331 g/mol. The number of pyridine rings is 1. The third-order valence-electron chi connectivity index (χ3n) is 4.11. The Kier molecular flexibility index (Phi) is 4.76. The third kappa shape index (κ3) is 3.79. The average Bonchev–Trinajstić information content (AvgIpc) is 2.84. The zero-order chi connectivity index (χ0) is 16.2. The van der Waals surface area contributed by atoms with Crippen molar-refractivity contribution >= 4 is 28.7 Å². The van der Waals surface area contributed by atoms with Crippen LogP contribution >= 0.6 is 11.3 Å². The zero-order valence-electron chi connectivity index (χ0n) is 13.2. The van der Waals surface area contributed by atoms with Crippen molar-refractivity contribution in [2.24, 2.45) is 0 Å². The summed E-state index contributed by atoms with van der Waals surface area (Å²) in [5, 5.41) is 3.49. The third-order valence-corrected chi connectivity index (χ3v) is 5.03. The van der Waals surface area contributed by atoms with Crippen LogP contribution in [0.5, 0.6) is 0 Å². The monoisotopic (exact) mass is 331 g/mol. The van der Waals surface area contributed by atoms with E-state index in [9.17, 15) is 4.79 Å². The van der Waals surface area contributed by atoms with Crippen LogP contribution in [0.25, 0.3) is 0 Å². The van der Waals surface area contributed by atoms with Crippen LogP contribution in [0.15, 0.2) is 23.8 Å². The molecule has 0 aliphatic carbocycles. The molecule has 1 saturated heterocycles. The summed E-state index contributed by atoms with van der Waals surface area (Å²) in [6.45, 7) is 3.45. The lowest BCUT2D eigenvalue weighted by Crippen LogP contribution is -2.32. The Morgan fingerprint density at radius 1 is 1.35 bits per heavy atom. The fourth-order valence-corrected chi connectivity index (χ4v) is 3.59. The van der Waals surface area contributed by atoms with Gasteiger partial charge in [0.05, 0.1) is 23.1 Å². The van der Waals surface area contributed by atoms with E-state index in [1.807, 2.05) is 17.9 Å². The van der Waals surface area contributed by atoms with Crippen molar-refractivity contribution in [2.75, 3.05) is 24.1 Å². The first-order valence-corrected chi connectivity index (χ1v) is 8.69. The second-order valence-electron chi connectivity index (χ2n) is 5.80. The Morgan fingerprint density at radius 2 is 2.22 bits per heavy atom. The van der Waals surface area contributed by atoms with Crippen LogP contribution in [0.4, 0.5) is 11.5 Å². The van der Waals surface area contributed by atoms with E-state index in [4.69, 9.17) is 5.73 Å². The van der Waals surface area contributed by atoms with Gasteiger partial charge in [0.15, 0.2) is 0 Å². The molecule has 7 heteroatoms. The Morgan fingerprint density at radius 3 is 2.91 bits per heavy atom. The van der Waals surface area contributed by atoms with Gasteiger partial charge in [-0.15, -0.1) is 11.3 Å². The van der Waals surface area contributed by atoms with Crippen molar-refractivity contribution in [1.82, 2.24) is 14.9 Å². The molecule has 3 rings (SSSR count). The molecule has 3 N–H and O–H groups in total. The number of nitrogens with two attached hydrogens (primary N) is 1. The van der Waals surface area contributed by atoms with Gasteiger partial charge in [0.1, 0.15) is 10.7 Å². The summed E-state index contributed by atoms with van der Waals surface area (Å²) in [5.41, 5.74) is 9.14. The van der Waals surface area contributed by atoms with E-state index in [1.54, 1.807) is 17.8 Å². The van der Waals surface area contributed by atoms with Crippen molar-refractivity contribution in [3.63, 3.8) is 0 Å². The molecule has 0 spiro atoms. The van der Waals surface area contributed by atoms with E-state index >= 15 is 0 Å². The topological polar surface area (TPSA) is 84.1 Å². The molecule has 1 atom stereocenters. The molecule has 2 aromatic rings. The van der Waals surface area contributed by atoms with Crippen LogP contribution in [0, 0.1) is 6.92 Å². The number of nitrogens with zero attached hydrogens (tertiary/aromatic N) is 3. The van der Waals surface area contributed by atoms with Gasteiger partial charge in [-0.3, -0.25) is 4.79 Å². The molecule has 0 aromatic carbocycles. The molecular formula is C16H21N5OS. The number of hydrogen-bond donors (Lipinski definition) is 2. The molecule has 1 aliphatic rings. The molecule has 0 saturated carbocycles. The van der Waals surface area contributed by atoms with Gasteiger partial charge in [0.2, 0.25) is 0 Å². The fraction of sp³-hybridized carbons (Fsp3) is 0.438. The first-order valence-electron chi connectivity index (χ1n) is 7.81. The fourth-order valence-electron chi connectivity index (χ4n) is 2.82. The second-order valence-corrected chi connectivity index (χ2v) is 6.66. The number of nitrogens with one attached hydrogen (secondary N) is 1. The normalized spacial score (nSPS) is 18.5. The molecule has 0 bridgehead atoms. The zero-order valence-corrected chi connectivity index (χ0v) is 14.0. The van der Waals surface area contributed by atoms with E-state index in [2.05, 4.69) is 15.3 Å². The van der Waals surface area contributed by atoms with Gasteiger partial charge in [-0.05, 0) is 38.3 Å². The van der Waals surface area contributed by atoms with Crippen LogP contribution < -0.4 is 11.1 Å².